The molecule has 1 heterocycles. The van der Waals surface area contributed by atoms with E-state index in [2.05, 4.69) is 15.4 Å². The summed E-state index contributed by atoms with van der Waals surface area (Å²) in [4.78, 5) is 10.7. The number of hydrogen-bond donors (Lipinski definition) is 2. The number of hydrogen-bond acceptors (Lipinski definition) is 4. The Labute approximate surface area is 77.8 Å². The molecule has 1 aliphatic heterocycles. The second-order valence-corrected chi connectivity index (χ2v) is 2.93. The lowest BCUT2D eigenvalue weighted by Crippen LogP contribution is -2.43. The summed E-state index contributed by atoms with van der Waals surface area (Å²) in [5.74, 6) is 0. The highest BCUT2D eigenvalue weighted by Crippen LogP contribution is 1.96. The van der Waals surface area contributed by atoms with Crippen molar-refractivity contribution in [1.82, 2.24) is 10.6 Å². The summed E-state index contributed by atoms with van der Waals surface area (Å²) in [5, 5.41) is 5.92. The van der Waals surface area contributed by atoms with E-state index < -0.39 is 0 Å². The second kappa shape index (κ2) is 5.77. The molecule has 1 fully saturated rings. The fourth-order valence-corrected chi connectivity index (χ4v) is 1.23. The third-order valence-corrected chi connectivity index (χ3v) is 1.95. The SMILES string of the molecule is COC(=O)NCCC1COCCN1. The van der Waals surface area contributed by atoms with E-state index in [1.54, 1.807) is 0 Å². The van der Waals surface area contributed by atoms with Gasteiger partial charge in [-0.05, 0) is 6.42 Å². The van der Waals surface area contributed by atoms with Crippen LogP contribution in [-0.4, -0.2) is 45.5 Å². The zero-order valence-electron chi connectivity index (χ0n) is 7.84. The maximum absolute atomic E-state index is 10.7. The van der Waals surface area contributed by atoms with Crippen LogP contribution in [-0.2, 0) is 9.47 Å². The van der Waals surface area contributed by atoms with Crippen molar-refractivity contribution < 1.29 is 14.3 Å². The van der Waals surface area contributed by atoms with Gasteiger partial charge in [-0.1, -0.05) is 0 Å². The van der Waals surface area contributed by atoms with Crippen molar-refractivity contribution in [3.05, 3.63) is 0 Å². The molecule has 0 aromatic carbocycles. The van der Waals surface area contributed by atoms with Crippen LogP contribution < -0.4 is 10.6 Å². The molecule has 2 N–H and O–H groups in total. The summed E-state index contributed by atoms with van der Waals surface area (Å²) in [6.45, 7) is 3.01. The van der Waals surface area contributed by atoms with Crippen molar-refractivity contribution in [2.45, 2.75) is 12.5 Å². The van der Waals surface area contributed by atoms with Crippen molar-refractivity contribution in [2.24, 2.45) is 0 Å². The van der Waals surface area contributed by atoms with Gasteiger partial charge in [-0.2, -0.15) is 0 Å². The Kier molecular flexibility index (Phi) is 4.56. The molecule has 0 spiro atoms. The standard InChI is InChI=1S/C8H16N2O3/c1-12-8(11)10-3-2-7-6-13-5-4-9-7/h7,9H,2-6H2,1H3,(H,10,11). The number of ether oxygens (including phenoxy) is 2. The van der Waals surface area contributed by atoms with Gasteiger partial charge in [0.25, 0.3) is 0 Å². The van der Waals surface area contributed by atoms with Crippen LogP contribution in [0.25, 0.3) is 0 Å². The molecule has 76 valence electrons. The van der Waals surface area contributed by atoms with Gasteiger partial charge in [0.15, 0.2) is 0 Å². The van der Waals surface area contributed by atoms with E-state index in [1.807, 2.05) is 0 Å². The Morgan fingerprint density at radius 2 is 2.62 bits per heavy atom. The third-order valence-electron chi connectivity index (χ3n) is 1.95. The summed E-state index contributed by atoms with van der Waals surface area (Å²) in [6, 6.07) is 0.353. The van der Waals surface area contributed by atoms with Gasteiger partial charge >= 0.3 is 6.09 Å². The molecule has 0 radical (unpaired) electrons. The number of rotatable bonds is 3. The number of nitrogens with one attached hydrogen (secondary N) is 2. The highest BCUT2D eigenvalue weighted by Gasteiger charge is 2.12. The maximum Gasteiger partial charge on any atom is 0.406 e. The number of carbonyl (C=O) groups excluding carboxylic acids is 1. The van der Waals surface area contributed by atoms with Gasteiger partial charge in [0.1, 0.15) is 0 Å². The lowest BCUT2D eigenvalue weighted by molar-refractivity contribution is 0.0740. The minimum absolute atomic E-state index is 0.353. The van der Waals surface area contributed by atoms with E-state index in [9.17, 15) is 4.79 Å². The molecule has 1 saturated heterocycles. The second-order valence-electron chi connectivity index (χ2n) is 2.93. The Hall–Kier alpha value is -0.810. The highest BCUT2D eigenvalue weighted by atomic mass is 16.5. The molecule has 5 heteroatoms. The monoisotopic (exact) mass is 188 g/mol. The van der Waals surface area contributed by atoms with Crippen LogP contribution in [0.5, 0.6) is 0 Å². The zero-order valence-corrected chi connectivity index (χ0v) is 7.84. The quantitative estimate of drug-likeness (QED) is 0.639. The van der Waals surface area contributed by atoms with E-state index in [4.69, 9.17) is 4.74 Å². The number of amides is 1. The Balaban J connectivity index is 2.01. The molecule has 1 unspecified atom stereocenters. The molecular weight excluding hydrogens is 172 g/mol. The predicted molar refractivity (Wildman–Crippen MR) is 47.6 cm³/mol. The minimum atomic E-state index is -0.378. The van der Waals surface area contributed by atoms with Crippen LogP contribution in [0.1, 0.15) is 6.42 Å². The van der Waals surface area contributed by atoms with Crippen molar-refractivity contribution >= 4 is 6.09 Å². The normalized spacial score (nSPS) is 22.4. The molecule has 0 aliphatic carbocycles. The maximum atomic E-state index is 10.7. The number of alkyl carbamates (subject to hydrolysis) is 1. The molecule has 1 aliphatic rings. The molecule has 1 rings (SSSR count). The van der Waals surface area contributed by atoms with E-state index in [1.165, 1.54) is 7.11 Å². The van der Waals surface area contributed by atoms with Gasteiger partial charge in [0, 0.05) is 19.1 Å². The summed E-state index contributed by atoms with van der Waals surface area (Å²) < 4.78 is 9.70. The smallest absolute Gasteiger partial charge is 0.406 e. The molecule has 1 atom stereocenters. The first-order valence-corrected chi connectivity index (χ1v) is 4.46. The topological polar surface area (TPSA) is 59.6 Å². The summed E-state index contributed by atoms with van der Waals surface area (Å²) >= 11 is 0. The average molecular weight is 188 g/mol. The third kappa shape index (κ3) is 4.10. The van der Waals surface area contributed by atoms with Crippen molar-refractivity contribution in [3.8, 4) is 0 Å². The van der Waals surface area contributed by atoms with Gasteiger partial charge in [-0.15, -0.1) is 0 Å². The van der Waals surface area contributed by atoms with E-state index in [0.717, 1.165) is 26.2 Å². The largest absolute Gasteiger partial charge is 0.453 e. The van der Waals surface area contributed by atoms with Gasteiger partial charge in [-0.25, -0.2) is 4.79 Å². The lowest BCUT2D eigenvalue weighted by atomic mass is 10.2. The Morgan fingerprint density at radius 3 is 3.23 bits per heavy atom. The molecule has 0 bridgehead atoms. The van der Waals surface area contributed by atoms with Crippen LogP contribution in [0, 0.1) is 0 Å². The molecule has 0 saturated carbocycles. The minimum Gasteiger partial charge on any atom is -0.453 e. The van der Waals surface area contributed by atoms with E-state index in [0.29, 0.717) is 12.6 Å². The molecular formula is C8H16N2O3. The van der Waals surface area contributed by atoms with Crippen molar-refractivity contribution in [2.75, 3.05) is 33.4 Å². The number of carbonyl (C=O) groups is 1. The summed E-state index contributed by atoms with van der Waals surface area (Å²) in [6.07, 6.45) is 0.492. The van der Waals surface area contributed by atoms with Crippen LogP contribution in [0.3, 0.4) is 0 Å². The fraction of sp³-hybridized carbons (Fsp3) is 0.875. The molecule has 13 heavy (non-hydrogen) atoms. The predicted octanol–water partition coefficient (Wildman–Crippen LogP) is -0.279. The number of methoxy groups -OCH3 is 1. The van der Waals surface area contributed by atoms with Crippen molar-refractivity contribution in [1.29, 1.82) is 0 Å². The zero-order chi connectivity index (χ0) is 9.52. The Morgan fingerprint density at radius 1 is 1.77 bits per heavy atom. The van der Waals surface area contributed by atoms with Crippen LogP contribution in [0.4, 0.5) is 4.79 Å². The van der Waals surface area contributed by atoms with E-state index >= 15 is 0 Å². The average Bonchev–Trinajstić information content (AvgIpc) is 2.19. The molecule has 1 amide bonds. The first-order chi connectivity index (χ1) is 6.33. The number of morpholine rings is 1. The van der Waals surface area contributed by atoms with Gasteiger partial charge in [0.05, 0.1) is 20.3 Å². The van der Waals surface area contributed by atoms with Gasteiger partial charge in [0.2, 0.25) is 0 Å². The molecule has 0 aromatic rings. The van der Waals surface area contributed by atoms with Gasteiger partial charge in [-0.3, -0.25) is 0 Å². The lowest BCUT2D eigenvalue weighted by Gasteiger charge is -2.23. The molecule has 5 nitrogen and oxygen atoms in total. The first-order valence-electron chi connectivity index (χ1n) is 4.46. The van der Waals surface area contributed by atoms with Crippen LogP contribution >= 0.6 is 0 Å². The van der Waals surface area contributed by atoms with Crippen molar-refractivity contribution in [3.63, 3.8) is 0 Å². The van der Waals surface area contributed by atoms with Gasteiger partial charge < -0.3 is 20.1 Å². The summed E-state index contributed by atoms with van der Waals surface area (Å²) in [7, 11) is 1.36. The fourth-order valence-electron chi connectivity index (χ4n) is 1.23. The highest BCUT2D eigenvalue weighted by molar-refractivity contribution is 5.66. The Bertz CT molecular complexity index is 157. The first kappa shape index (κ1) is 10.3. The van der Waals surface area contributed by atoms with Crippen LogP contribution in [0.2, 0.25) is 0 Å². The van der Waals surface area contributed by atoms with Crippen LogP contribution in [0.15, 0.2) is 0 Å². The van der Waals surface area contributed by atoms with E-state index in [-0.39, 0.29) is 6.09 Å². The summed E-state index contributed by atoms with van der Waals surface area (Å²) in [5.41, 5.74) is 0. The molecule has 0 aromatic heterocycles.